The summed E-state index contributed by atoms with van der Waals surface area (Å²) in [7, 11) is 0. The molecule has 1 unspecified atom stereocenters. The van der Waals surface area contributed by atoms with Gasteiger partial charge in [0.15, 0.2) is 0 Å². The number of carbonyl (C=O) groups excluding carboxylic acids is 2. The molecule has 0 aliphatic heterocycles. The van der Waals surface area contributed by atoms with Gasteiger partial charge in [0, 0.05) is 10.0 Å². The van der Waals surface area contributed by atoms with Crippen molar-refractivity contribution in [3.8, 4) is 0 Å². The SMILES string of the molecule is O=[C]OC(Br)(C(=O)OCc1ccc(Br)cc1)c1ccccc1. The Balaban J connectivity index is 2.13. The Morgan fingerprint density at radius 1 is 1.09 bits per heavy atom. The number of esters is 1. The van der Waals surface area contributed by atoms with E-state index in [4.69, 9.17) is 9.47 Å². The highest BCUT2D eigenvalue weighted by Gasteiger charge is 2.42. The van der Waals surface area contributed by atoms with E-state index in [-0.39, 0.29) is 6.61 Å². The van der Waals surface area contributed by atoms with E-state index in [1.54, 1.807) is 30.3 Å². The van der Waals surface area contributed by atoms with Gasteiger partial charge in [0.1, 0.15) is 6.61 Å². The first kappa shape index (κ1) is 16.7. The summed E-state index contributed by atoms with van der Waals surface area (Å²) in [6, 6.07) is 15.9. The monoisotopic (exact) mass is 425 g/mol. The molecule has 2 rings (SSSR count). The van der Waals surface area contributed by atoms with Gasteiger partial charge < -0.3 is 9.47 Å². The van der Waals surface area contributed by atoms with Gasteiger partial charge in [0.25, 0.3) is 4.51 Å². The maximum absolute atomic E-state index is 12.3. The van der Waals surface area contributed by atoms with Crippen LogP contribution in [0.5, 0.6) is 0 Å². The lowest BCUT2D eigenvalue weighted by atomic mass is 10.1. The van der Waals surface area contributed by atoms with Gasteiger partial charge >= 0.3 is 12.4 Å². The molecule has 22 heavy (non-hydrogen) atoms. The van der Waals surface area contributed by atoms with E-state index in [9.17, 15) is 9.59 Å². The molecular formula is C16H11Br2O4. The van der Waals surface area contributed by atoms with Crippen LogP contribution in [0.15, 0.2) is 59.1 Å². The third-order valence-electron chi connectivity index (χ3n) is 2.87. The number of carbonyl (C=O) groups is 1. The Labute approximate surface area is 144 Å². The molecule has 0 bridgehead atoms. The molecule has 2 aromatic carbocycles. The third kappa shape index (κ3) is 3.96. The van der Waals surface area contributed by atoms with Gasteiger partial charge in [-0.1, -0.05) is 58.4 Å². The number of hydrogen-bond acceptors (Lipinski definition) is 4. The lowest BCUT2D eigenvalue weighted by Gasteiger charge is -2.23. The Hall–Kier alpha value is -1.66. The van der Waals surface area contributed by atoms with E-state index in [0.717, 1.165) is 10.0 Å². The Kier molecular flexibility index (Phi) is 5.74. The molecule has 0 aliphatic carbocycles. The van der Waals surface area contributed by atoms with Crippen molar-refractivity contribution in [2.75, 3.05) is 0 Å². The van der Waals surface area contributed by atoms with Gasteiger partial charge in [-0.2, -0.15) is 0 Å². The van der Waals surface area contributed by atoms with Gasteiger partial charge in [0.2, 0.25) is 0 Å². The fourth-order valence-electron chi connectivity index (χ4n) is 1.75. The summed E-state index contributed by atoms with van der Waals surface area (Å²) in [6.07, 6.45) is 0. The molecule has 0 heterocycles. The molecule has 0 N–H and O–H groups in total. The van der Waals surface area contributed by atoms with Crippen molar-refractivity contribution in [3.63, 3.8) is 0 Å². The number of ether oxygens (including phenoxy) is 2. The van der Waals surface area contributed by atoms with Crippen LogP contribution in [0.2, 0.25) is 0 Å². The number of benzene rings is 2. The summed E-state index contributed by atoms with van der Waals surface area (Å²) < 4.78 is 9.28. The van der Waals surface area contributed by atoms with Crippen LogP contribution in [0.25, 0.3) is 0 Å². The average molecular weight is 427 g/mol. The summed E-state index contributed by atoms with van der Waals surface area (Å²) in [6.45, 7) is 1.35. The van der Waals surface area contributed by atoms with E-state index in [0.29, 0.717) is 5.56 Å². The van der Waals surface area contributed by atoms with Crippen molar-refractivity contribution in [1.82, 2.24) is 0 Å². The van der Waals surface area contributed by atoms with Gasteiger partial charge in [-0.25, -0.2) is 9.59 Å². The largest absolute Gasteiger partial charge is 0.457 e. The number of rotatable bonds is 6. The standard InChI is InChI=1S/C16H11Br2O4/c17-14-8-6-12(7-9-14)10-21-15(20)16(18,22-11-19)13-4-2-1-3-5-13/h1-9H,10H2. The zero-order chi connectivity index (χ0) is 16.0. The van der Waals surface area contributed by atoms with E-state index in [1.807, 2.05) is 24.3 Å². The number of alkyl halides is 1. The quantitative estimate of drug-likeness (QED) is 0.520. The smallest absolute Gasteiger partial charge is 0.419 e. The Morgan fingerprint density at radius 2 is 1.73 bits per heavy atom. The Morgan fingerprint density at radius 3 is 2.32 bits per heavy atom. The summed E-state index contributed by atoms with van der Waals surface area (Å²) in [5.41, 5.74) is 1.26. The second kappa shape index (κ2) is 7.56. The molecule has 0 amide bonds. The minimum atomic E-state index is -1.70. The zero-order valence-corrected chi connectivity index (χ0v) is 14.5. The molecular weight excluding hydrogens is 416 g/mol. The highest BCUT2D eigenvalue weighted by Crippen LogP contribution is 2.34. The van der Waals surface area contributed by atoms with Crippen molar-refractivity contribution >= 4 is 44.3 Å². The highest BCUT2D eigenvalue weighted by molar-refractivity contribution is 9.10. The second-order valence-electron chi connectivity index (χ2n) is 4.35. The van der Waals surface area contributed by atoms with Crippen LogP contribution in [0.3, 0.4) is 0 Å². The van der Waals surface area contributed by atoms with Crippen molar-refractivity contribution < 1.29 is 19.1 Å². The van der Waals surface area contributed by atoms with Crippen LogP contribution in [0.1, 0.15) is 11.1 Å². The molecule has 0 aromatic heterocycles. The lowest BCUT2D eigenvalue weighted by molar-refractivity contribution is -0.156. The first-order valence-corrected chi connectivity index (χ1v) is 7.86. The summed E-state index contributed by atoms with van der Waals surface area (Å²) in [5.74, 6) is -0.732. The second-order valence-corrected chi connectivity index (χ2v) is 6.38. The topological polar surface area (TPSA) is 52.6 Å². The van der Waals surface area contributed by atoms with E-state index in [2.05, 4.69) is 31.9 Å². The van der Waals surface area contributed by atoms with Crippen LogP contribution in [-0.2, 0) is 30.2 Å². The first-order valence-electron chi connectivity index (χ1n) is 6.27. The molecule has 4 nitrogen and oxygen atoms in total. The van der Waals surface area contributed by atoms with Crippen molar-refractivity contribution in [2.45, 2.75) is 11.1 Å². The van der Waals surface area contributed by atoms with Crippen molar-refractivity contribution in [3.05, 3.63) is 70.2 Å². The predicted molar refractivity (Wildman–Crippen MR) is 87.8 cm³/mol. The van der Waals surface area contributed by atoms with E-state index in [1.165, 1.54) is 6.47 Å². The Bertz CT molecular complexity index is 643. The maximum atomic E-state index is 12.3. The molecule has 1 atom stereocenters. The summed E-state index contributed by atoms with van der Waals surface area (Å²) in [4.78, 5) is 22.9. The fourth-order valence-corrected chi connectivity index (χ4v) is 2.46. The molecule has 0 aliphatic rings. The van der Waals surface area contributed by atoms with Crippen molar-refractivity contribution in [1.29, 1.82) is 0 Å². The zero-order valence-electron chi connectivity index (χ0n) is 11.3. The first-order chi connectivity index (χ1) is 10.6. The van der Waals surface area contributed by atoms with Crippen LogP contribution in [-0.4, -0.2) is 12.4 Å². The molecule has 6 heteroatoms. The lowest BCUT2D eigenvalue weighted by Crippen LogP contribution is -2.34. The van der Waals surface area contributed by atoms with Gasteiger partial charge in [-0.05, 0) is 33.6 Å². The molecule has 113 valence electrons. The third-order valence-corrected chi connectivity index (χ3v) is 4.35. The highest BCUT2D eigenvalue weighted by atomic mass is 79.9. The molecule has 0 spiro atoms. The molecule has 0 saturated heterocycles. The normalized spacial score (nSPS) is 13.0. The van der Waals surface area contributed by atoms with Crippen LogP contribution in [0, 0.1) is 0 Å². The predicted octanol–water partition coefficient (Wildman–Crippen LogP) is 3.82. The number of hydrogen-bond donors (Lipinski definition) is 0. The molecule has 0 fully saturated rings. The summed E-state index contributed by atoms with van der Waals surface area (Å²) >= 11 is 6.47. The molecule has 2 aromatic rings. The fraction of sp³-hybridized carbons (Fsp3) is 0.125. The van der Waals surface area contributed by atoms with Crippen LogP contribution < -0.4 is 0 Å². The van der Waals surface area contributed by atoms with Crippen LogP contribution in [0.4, 0.5) is 0 Å². The minimum absolute atomic E-state index is 0.0640. The van der Waals surface area contributed by atoms with Gasteiger partial charge in [0.05, 0.1) is 0 Å². The maximum Gasteiger partial charge on any atom is 0.419 e. The average Bonchev–Trinajstić information content (AvgIpc) is 2.55. The minimum Gasteiger partial charge on any atom is -0.457 e. The van der Waals surface area contributed by atoms with Gasteiger partial charge in [-0.3, -0.25) is 0 Å². The number of halogens is 2. The molecule has 1 radical (unpaired) electrons. The van der Waals surface area contributed by atoms with E-state index < -0.39 is 10.5 Å². The van der Waals surface area contributed by atoms with E-state index >= 15 is 0 Å². The molecule has 0 saturated carbocycles. The van der Waals surface area contributed by atoms with Crippen molar-refractivity contribution in [2.24, 2.45) is 0 Å². The van der Waals surface area contributed by atoms with Crippen LogP contribution >= 0.6 is 31.9 Å². The summed E-state index contributed by atoms with van der Waals surface area (Å²) in [5, 5.41) is 0. The van der Waals surface area contributed by atoms with Gasteiger partial charge in [-0.15, -0.1) is 0 Å².